The zero-order valence-electron chi connectivity index (χ0n) is 12.4. The molecule has 0 aromatic carbocycles. The van der Waals surface area contributed by atoms with Gasteiger partial charge < -0.3 is 9.32 Å². The molecule has 1 aliphatic rings. The molecule has 1 saturated heterocycles. The number of hydrogen-bond acceptors (Lipinski definition) is 6. The van der Waals surface area contributed by atoms with Gasteiger partial charge in [-0.3, -0.25) is 0 Å². The molecule has 0 bridgehead atoms. The average Bonchev–Trinajstić information content (AvgIpc) is 3.23. The van der Waals surface area contributed by atoms with Crippen LogP contribution < -0.4 is 0 Å². The summed E-state index contributed by atoms with van der Waals surface area (Å²) in [5, 5.41) is 5.35. The van der Waals surface area contributed by atoms with Crippen LogP contribution in [0.3, 0.4) is 0 Å². The molecular weight excluding hydrogens is 280 g/mol. The van der Waals surface area contributed by atoms with Crippen molar-refractivity contribution in [3.8, 4) is 11.6 Å². The number of likely N-dealkylation sites (tertiary alicyclic amines) is 1. The van der Waals surface area contributed by atoms with Crippen LogP contribution in [0.1, 0.15) is 19.3 Å². The number of fused-ring (bicyclic) bond motifs is 1. The van der Waals surface area contributed by atoms with E-state index in [9.17, 15) is 0 Å². The zero-order valence-corrected chi connectivity index (χ0v) is 12.4. The Kier molecular flexibility index (Phi) is 3.56. The number of nitrogens with zero attached hydrogens (tertiary/aromatic N) is 6. The Bertz CT molecular complexity index is 745. The lowest BCUT2D eigenvalue weighted by atomic mass is 10.1. The maximum atomic E-state index is 5.35. The highest BCUT2D eigenvalue weighted by molar-refractivity contribution is 5.87. The van der Waals surface area contributed by atoms with Gasteiger partial charge in [0.25, 0.3) is 0 Å². The third-order valence-electron chi connectivity index (χ3n) is 4.15. The Morgan fingerprint density at radius 3 is 2.77 bits per heavy atom. The first-order chi connectivity index (χ1) is 10.9. The van der Waals surface area contributed by atoms with Gasteiger partial charge in [-0.2, -0.15) is 5.10 Å². The molecule has 1 aliphatic heterocycles. The lowest BCUT2D eigenvalue weighted by Crippen LogP contribution is -2.32. The molecule has 0 spiro atoms. The Morgan fingerprint density at radius 2 is 1.95 bits per heavy atom. The summed E-state index contributed by atoms with van der Waals surface area (Å²) in [5.41, 5.74) is 1.53. The minimum atomic E-state index is 0.503. The summed E-state index contributed by atoms with van der Waals surface area (Å²) in [5.74, 6) is 0.503. The van der Waals surface area contributed by atoms with E-state index >= 15 is 0 Å². The normalized spacial score (nSPS) is 16.4. The second-order valence-corrected chi connectivity index (χ2v) is 5.57. The Labute approximate surface area is 128 Å². The summed E-state index contributed by atoms with van der Waals surface area (Å²) in [6.45, 7) is 4.23. The fraction of sp³-hybridized carbons (Fsp3) is 0.467. The van der Waals surface area contributed by atoms with E-state index in [1.54, 1.807) is 25.0 Å². The van der Waals surface area contributed by atoms with Crippen molar-refractivity contribution in [1.29, 1.82) is 0 Å². The van der Waals surface area contributed by atoms with Crippen molar-refractivity contribution < 1.29 is 4.42 Å². The van der Waals surface area contributed by atoms with Crippen LogP contribution in [-0.4, -0.2) is 49.3 Å². The molecule has 114 valence electrons. The molecule has 0 N–H and O–H groups in total. The number of piperidine rings is 1. The van der Waals surface area contributed by atoms with Crippen molar-refractivity contribution in [2.75, 3.05) is 19.6 Å². The van der Waals surface area contributed by atoms with Gasteiger partial charge in [-0.15, -0.1) is 0 Å². The van der Waals surface area contributed by atoms with E-state index in [1.807, 2.05) is 4.68 Å². The topological polar surface area (TPSA) is 72.9 Å². The molecule has 1 fully saturated rings. The predicted molar refractivity (Wildman–Crippen MR) is 81.1 cm³/mol. The van der Waals surface area contributed by atoms with Crippen molar-refractivity contribution in [3.05, 3.63) is 25.0 Å². The second kappa shape index (κ2) is 5.84. The van der Waals surface area contributed by atoms with Crippen LogP contribution in [0.15, 0.2) is 29.4 Å². The summed E-state index contributed by atoms with van der Waals surface area (Å²) in [6, 6.07) is 0. The van der Waals surface area contributed by atoms with Gasteiger partial charge in [0.1, 0.15) is 18.3 Å². The van der Waals surface area contributed by atoms with Gasteiger partial charge in [-0.05, 0) is 25.9 Å². The molecule has 0 saturated carbocycles. The van der Waals surface area contributed by atoms with Crippen molar-refractivity contribution in [1.82, 2.24) is 29.6 Å². The fourth-order valence-corrected chi connectivity index (χ4v) is 2.99. The average molecular weight is 298 g/mol. The summed E-state index contributed by atoms with van der Waals surface area (Å²) in [6.07, 6.45) is 10.5. The van der Waals surface area contributed by atoms with Crippen LogP contribution >= 0.6 is 0 Å². The van der Waals surface area contributed by atoms with E-state index in [4.69, 9.17) is 4.42 Å². The van der Waals surface area contributed by atoms with Gasteiger partial charge in [0.05, 0.1) is 24.3 Å². The largest absolute Gasteiger partial charge is 0.443 e. The summed E-state index contributed by atoms with van der Waals surface area (Å²) < 4.78 is 7.29. The van der Waals surface area contributed by atoms with E-state index in [1.165, 1.54) is 32.4 Å². The second-order valence-electron chi connectivity index (χ2n) is 5.57. The third-order valence-corrected chi connectivity index (χ3v) is 4.15. The number of oxazole rings is 1. The van der Waals surface area contributed by atoms with E-state index in [0.29, 0.717) is 11.6 Å². The van der Waals surface area contributed by atoms with Gasteiger partial charge in [0, 0.05) is 6.54 Å². The highest BCUT2D eigenvalue weighted by Gasteiger charge is 2.15. The van der Waals surface area contributed by atoms with Gasteiger partial charge in [0.2, 0.25) is 5.89 Å². The lowest BCUT2D eigenvalue weighted by Gasteiger charge is -2.26. The Balaban J connectivity index is 1.59. The highest BCUT2D eigenvalue weighted by Crippen LogP contribution is 2.23. The van der Waals surface area contributed by atoms with Crippen molar-refractivity contribution in [2.24, 2.45) is 0 Å². The van der Waals surface area contributed by atoms with E-state index in [2.05, 4.69) is 25.0 Å². The van der Waals surface area contributed by atoms with E-state index in [0.717, 1.165) is 24.1 Å². The van der Waals surface area contributed by atoms with Crippen LogP contribution in [0, 0.1) is 0 Å². The predicted octanol–water partition coefficient (Wildman–Crippen LogP) is 1.97. The molecule has 4 rings (SSSR count). The van der Waals surface area contributed by atoms with Gasteiger partial charge in [-0.1, -0.05) is 6.42 Å². The van der Waals surface area contributed by atoms with Crippen LogP contribution in [-0.2, 0) is 6.54 Å². The molecule has 7 nitrogen and oxygen atoms in total. The van der Waals surface area contributed by atoms with Crippen LogP contribution in [0.4, 0.5) is 0 Å². The number of hydrogen-bond donors (Lipinski definition) is 0. The molecule has 22 heavy (non-hydrogen) atoms. The molecule has 0 unspecified atom stereocenters. The van der Waals surface area contributed by atoms with E-state index in [-0.39, 0.29) is 0 Å². The summed E-state index contributed by atoms with van der Waals surface area (Å²) in [4.78, 5) is 15.3. The molecule has 0 amide bonds. The highest BCUT2D eigenvalue weighted by atomic mass is 16.3. The monoisotopic (exact) mass is 298 g/mol. The Morgan fingerprint density at radius 1 is 1.05 bits per heavy atom. The minimum Gasteiger partial charge on any atom is -0.443 e. The Hall–Kier alpha value is -2.28. The summed E-state index contributed by atoms with van der Waals surface area (Å²) >= 11 is 0. The lowest BCUT2D eigenvalue weighted by molar-refractivity contribution is 0.219. The first-order valence-corrected chi connectivity index (χ1v) is 7.70. The zero-order chi connectivity index (χ0) is 14.8. The standard InChI is InChI=1S/C15H18N6O/c1-2-5-20(6-3-1)7-8-21-14-12(10-19-21)13(17-11-18-14)15-16-4-9-22-15/h4,9-11H,1-3,5-8H2. The quantitative estimate of drug-likeness (QED) is 0.733. The number of rotatable bonds is 4. The molecule has 3 aromatic rings. The SMILES string of the molecule is c1coc(-c2ncnc3c2cnn3CCN2CCCCC2)n1. The maximum Gasteiger partial charge on any atom is 0.245 e. The molecule has 3 aromatic heterocycles. The first-order valence-electron chi connectivity index (χ1n) is 7.70. The van der Waals surface area contributed by atoms with Crippen molar-refractivity contribution >= 4 is 11.0 Å². The molecule has 0 aliphatic carbocycles. The van der Waals surface area contributed by atoms with Crippen LogP contribution in [0.2, 0.25) is 0 Å². The van der Waals surface area contributed by atoms with E-state index < -0.39 is 0 Å². The maximum absolute atomic E-state index is 5.35. The van der Waals surface area contributed by atoms with Gasteiger partial charge in [0.15, 0.2) is 5.65 Å². The third kappa shape index (κ3) is 2.48. The molecule has 4 heterocycles. The molecular formula is C15H18N6O. The van der Waals surface area contributed by atoms with Crippen LogP contribution in [0.25, 0.3) is 22.6 Å². The summed E-state index contributed by atoms with van der Waals surface area (Å²) in [7, 11) is 0. The van der Waals surface area contributed by atoms with Crippen molar-refractivity contribution in [3.63, 3.8) is 0 Å². The van der Waals surface area contributed by atoms with Crippen LogP contribution in [0.5, 0.6) is 0 Å². The minimum absolute atomic E-state index is 0.503. The fourth-order valence-electron chi connectivity index (χ4n) is 2.99. The molecule has 0 radical (unpaired) electrons. The molecule has 7 heteroatoms. The smallest absolute Gasteiger partial charge is 0.245 e. The first kappa shape index (κ1) is 13.4. The molecule has 0 atom stereocenters. The van der Waals surface area contributed by atoms with Crippen molar-refractivity contribution in [2.45, 2.75) is 25.8 Å². The number of aromatic nitrogens is 5. The van der Waals surface area contributed by atoms with Gasteiger partial charge in [-0.25, -0.2) is 19.6 Å². The van der Waals surface area contributed by atoms with Gasteiger partial charge >= 0.3 is 0 Å².